The maximum absolute atomic E-state index is 12.9. The molecule has 0 saturated carbocycles. The third kappa shape index (κ3) is 3.52. The van der Waals surface area contributed by atoms with Crippen LogP contribution in [0.25, 0.3) is 16.6 Å². The van der Waals surface area contributed by atoms with E-state index in [0.29, 0.717) is 27.5 Å². The van der Waals surface area contributed by atoms with Crippen LogP contribution < -0.4 is 5.56 Å². The number of carboxylic acid groups (broad SMARTS) is 1. The number of para-hydroxylation sites is 1. The predicted molar refractivity (Wildman–Crippen MR) is 98.0 cm³/mol. The first-order chi connectivity index (χ1) is 11.6. The fourth-order valence-electron chi connectivity index (χ4n) is 2.26. The molecule has 3 rings (SSSR count). The highest BCUT2D eigenvalue weighted by Gasteiger charge is 2.13. The Labute approximate surface area is 150 Å². The zero-order chi connectivity index (χ0) is 17.1. The van der Waals surface area contributed by atoms with Crippen LogP contribution in [-0.4, -0.2) is 26.4 Å². The number of hydrogen-bond donors (Lipinski definition) is 1. The summed E-state index contributed by atoms with van der Waals surface area (Å²) in [5, 5.41) is 9.85. The van der Waals surface area contributed by atoms with E-state index in [1.165, 1.54) is 16.3 Å². The number of thioether (sulfide) groups is 1. The standard InChI is InChI=1S/C17H13BrN2O3S/c18-11-5-7-12(8-6-11)20-16(23)13-3-1-2-4-14(13)19-17(20)24-10-9-15(21)22/h1-8H,9-10H2,(H,21,22). The Balaban J connectivity index is 2.15. The molecule has 7 heteroatoms. The van der Waals surface area contributed by atoms with Crippen molar-refractivity contribution in [1.29, 1.82) is 0 Å². The Morgan fingerprint density at radius 2 is 1.88 bits per heavy atom. The van der Waals surface area contributed by atoms with Gasteiger partial charge in [-0.2, -0.15) is 0 Å². The smallest absolute Gasteiger partial charge is 0.304 e. The number of benzene rings is 2. The van der Waals surface area contributed by atoms with Crippen LogP contribution in [0.15, 0.2) is 63.0 Å². The van der Waals surface area contributed by atoms with Crippen molar-refractivity contribution in [3.05, 3.63) is 63.4 Å². The molecule has 0 radical (unpaired) electrons. The predicted octanol–water partition coefficient (Wildman–Crippen LogP) is 3.72. The monoisotopic (exact) mass is 404 g/mol. The lowest BCUT2D eigenvalue weighted by molar-refractivity contribution is -0.136. The Bertz CT molecular complexity index is 954. The van der Waals surface area contributed by atoms with E-state index in [9.17, 15) is 9.59 Å². The van der Waals surface area contributed by atoms with Gasteiger partial charge in [-0.3, -0.25) is 14.2 Å². The molecule has 0 spiro atoms. The van der Waals surface area contributed by atoms with Crippen molar-refractivity contribution in [3.8, 4) is 5.69 Å². The molecule has 1 heterocycles. The molecule has 0 aliphatic rings. The van der Waals surface area contributed by atoms with Gasteiger partial charge in [0.15, 0.2) is 5.16 Å². The number of aromatic nitrogens is 2. The lowest BCUT2D eigenvalue weighted by Gasteiger charge is -2.13. The van der Waals surface area contributed by atoms with Crippen molar-refractivity contribution >= 4 is 44.6 Å². The van der Waals surface area contributed by atoms with E-state index < -0.39 is 5.97 Å². The lowest BCUT2D eigenvalue weighted by atomic mass is 10.2. The number of nitrogens with zero attached hydrogens (tertiary/aromatic N) is 2. The van der Waals surface area contributed by atoms with Gasteiger partial charge in [-0.1, -0.05) is 39.8 Å². The third-order valence-electron chi connectivity index (χ3n) is 3.38. The molecular weight excluding hydrogens is 392 g/mol. The van der Waals surface area contributed by atoms with Gasteiger partial charge in [-0.25, -0.2) is 4.98 Å². The topological polar surface area (TPSA) is 72.2 Å². The number of carboxylic acids is 1. The number of rotatable bonds is 5. The van der Waals surface area contributed by atoms with Crippen molar-refractivity contribution in [1.82, 2.24) is 9.55 Å². The van der Waals surface area contributed by atoms with E-state index >= 15 is 0 Å². The molecule has 5 nitrogen and oxygen atoms in total. The summed E-state index contributed by atoms with van der Waals surface area (Å²) in [6.07, 6.45) is 0.00764. The molecule has 1 N–H and O–H groups in total. The zero-order valence-electron chi connectivity index (χ0n) is 12.5. The maximum Gasteiger partial charge on any atom is 0.304 e. The molecular formula is C17H13BrN2O3S. The van der Waals surface area contributed by atoms with Crippen molar-refractivity contribution < 1.29 is 9.90 Å². The van der Waals surface area contributed by atoms with Crippen molar-refractivity contribution in [2.24, 2.45) is 0 Å². The third-order valence-corrected chi connectivity index (χ3v) is 4.85. The van der Waals surface area contributed by atoms with Crippen molar-refractivity contribution in [3.63, 3.8) is 0 Å². The first kappa shape index (κ1) is 16.7. The molecule has 0 bridgehead atoms. The van der Waals surface area contributed by atoms with Crippen LogP contribution >= 0.6 is 27.7 Å². The van der Waals surface area contributed by atoms with Gasteiger partial charge >= 0.3 is 5.97 Å². The normalized spacial score (nSPS) is 10.9. The summed E-state index contributed by atoms with van der Waals surface area (Å²) in [6.45, 7) is 0. The molecule has 0 unspecified atom stereocenters. The molecule has 24 heavy (non-hydrogen) atoms. The van der Waals surface area contributed by atoms with E-state index in [1.54, 1.807) is 18.2 Å². The molecule has 0 amide bonds. The largest absolute Gasteiger partial charge is 0.481 e. The van der Waals surface area contributed by atoms with Crippen LogP contribution in [-0.2, 0) is 4.79 Å². The highest BCUT2D eigenvalue weighted by Crippen LogP contribution is 2.22. The average molecular weight is 405 g/mol. The lowest BCUT2D eigenvalue weighted by Crippen LogP contribution is -2.21. The Morgan fingerprint density at radius 3 is 2.58 bits per heavy atom. The van der Waals surface area contributed by atoms with Gasteiger partial charge in [-0.05, 0) is 36.4 Å². The summed E-state index contributed by atoms with van der Waals surface area (Å²) < 4.78 is 2.44. The highest BCUT2D eigenvalue weighted by molar-refractivity contribution is 9.10. The van der Waals surface area contributed by atoms with Gasteiger partial charge < -0.3 is 5.11 Å². The first-order valence-corrected chi connectivity index (χ1v) is 8.96. The molecule has 0 atom stereocenters. The summed E-state index contributed by atoms with van der Waals surface area (Å²) in [5.41, 5.74) is 1.13. The summed E-state index contributed by atoms with van der Waals surface area (Å²) in [6, 6.07) is 14.5. The van der Waals surface area contributed by atoms with Crippen LogP contribution in [0.1, 0.15) is 6.42 Å². The van der Waals surface area contributed by atoms with Gasteiger partial charge in [0.1, 0.15) is 0 Å². The molecule has 1 aromatic heterocycles. The molecule has 2 aromatic carbocycles. The summed E-state index contributed by atoms with van der Waals surface area (Å²) in [7, 11) is 0. The minimum Gasteiger partial charge on any atom is -0.481 e. The zero-order valence-corrected chi connectivity index (χ0v) is 14.9. The number of fused-ring (bicyclic) bond motifs is 1. The summed E-state index contributed by atoms with van der Waals surface area (Å²) in [5.74, 6) is -0.530. The van der Waals surface area contributed by atoms with Crippen LogP contribution in [0.4, 0.5) is 0 Å². The number of carbonyl (C=O) groups is 1. The van der Waals surface area contributed by atoms with E-state index in [0.717, 1.165) is 4.47 Å². The second-order valence-electron chi connectivity index (χ2n) is 5.02. The first-order valence-electron chi connectivity index (χ1n) is 7.18. The highest BCUT2D eigenvalue weighted by atomic mass is 79.9. The number of aliphatic carboxylic acids is 1. The van der Waals surface area contributed by atoms with Crippen LogP contribution in [0.2, 0.25) is 0 Å². The molecule has 0 saturated heterocycles. The number of halogens is 1. The minimum absolute atomic E-state index is 0.00764. The van der Waals surface area contributed by atoms with Crippen LogP contribution in [0, 0.1) is 0 Å². The fraction of sp³-hybridized carbons (Fsp3) is 0.118. The Morgan fingerprint density at radius 1 is 1.17 bits per heavy atom. The summed E-state index contributed by atoms with van der Waals surface area (Å²) in [4.78, 5) is 28.2. The second-order valence-corrected chi connectivity index (χ2v) is 7.00. The van der Waals surface area contributed by atoms with Crippen molar-refractivity contribution in [2.45, 2.75) is 11.6 Å². The van der Waals surface area contributed by atoms with E-state index in [-0.39, 0.29) is 12.0 Å². The van der Waals surface area contributed by atoms with Gasteiger partial charge in [0.25, 0.3) is 5.56 Å². The van der Waals surface area contributed by atoms with Gasteiger partial charge in [0.05, 0.1) is 23.0 Å². The molecule has 0 aliphatic heterocycles. The van der Waals surface area contributed by atoms with Crippen molar-refractivity contribution in [2.75, 3.05) is 5.75 Å². The van der Waals surface area contributed by atoms with Gasteiger partial charge in [0, 0.05) is 10.2 Å². The molecule has 122 valence electrons. The molecule has 0 fully saturated rings. The fourth-order valence-corrected chi connectivity index (χ4v) is 3.46. The average Bonchev–Trinajstić information content (AvgIpc) is 2.56. The van der Waals surface area contributed by atoms with E-state index in [4.69, 9.17) is 5.11 Å². The van der Waals surface area contributed by atoms with Gasteiger partial charge in [0.2, 0.25) is 0 Å². The Kier molecular flexibility index (Phi) is 5.01. The summed E-state index contributed by atoms with van der Waals surface area (Å²) >= 11 is 4.64. The Hall–Kier alpha value is -2.12. The second kappa shape index (κ2) is 7.19. The van der Waals surface area contributed by atoms with Gasteiger partial charge in [-0.15, -0.1) is 0 Å². The molecule has 0 aliphatic carbocycles. The van der Waals surface area contributed by atoms with E-state index in [1.807, 2.05) is 30.3 Å². The SMILES string of the molecule is O=C(O)CCSc1nc2ccccc2c(=O)n1-c1ccc(Br)cc1. The van der Waals surface area contributed by atoms with Crippen LogP contribution in [0.5, 0.6) is 0 Å². The number of hydrogen-bond acceptors (Lipinski definition) is 4. The van der Waals surface area contributed by atoms with Crippen LogP contribution in [0.3, 0.4) is 0 Å². The maximum atomic E-state index is 12.9. The minimum atomic E-state index is -0.874. The van der Waals surface area contributed by atoms with E-state index in [2.05, 4.69) is 20.9 Å². The quantitative estimate of drug-likeness (QED) is 0.518. The molecule has 3 aromatic rings.